The Hall–Kier alpha value is -5.04. The van der Waals surface area contributed by atoms with Crippen LogP contribution in [0.4, 0.5) is 30.7 Å². The number of rotatable bonds is 14. The van der Waals surface area contributed by atoms with Gasteiger partial charge in [0.15, 0.2) is 11.5 Å². The number of halogens is 7. The summed E-state index contributed by atoms with van der Waals surface area (Å²) in [7, 11) is 0. The Morgan fingerprint density at radius 1 is 0.784 bits per heavy atom. The lowest BCUT2D eigenvalue weighted by molar-refractivity contribution is -0.253. The topological polar surface area (TPSA) is 48.8 Å². The second-order valence-corrected chi connectivity index (χ2v) is 12.1. The van der Waals surface area contributed by atoms with E-state index in [4.69, 9.17) is 14.5 Å². The minimum Gasteiger partial charge on any atom is -0.454 e. The highest BCUT2D eigenvalue weighted by atomic mass is 19.4. The molecule has 51 heavy (non-hydrogen) atoms. The summed E-state index contributed by atoms with van der Waals surface area (Å²) >= 11 is 0. The average molecular weight is 714 g/mol. The van der Waals surface area contributed by atoms with Gasteiger partial charge in [-0.25, -0.2) is 4.98 Å². The van der Waals surface area contributed by atoms with Crippen LogP contribution in [0.3, 0.4) is 0 Å². The van der Waals surface area contributed by atoms with Crippen LogP contribution in [-0.2, 0) is 32.4 Å². The summed E-state index contributed by atoms with van der Waals surface area (Å²) in [6.45, 7) is 3.36. The molecule has 0 aliphatic carbocycles. The molecule has 13 heteroatoms. The predicted octanol–water partition coefficient (Wildman–Crippen LogP) is 10.2. The van der Waals surface area contributed by atoms with Crippen molar-refractivity contribution in [2.24, 2.45) is 0 Å². The van der Waals surface area contributed by atoms with Gasteiger partial charge in [0.2, 0.25) is 6.79 Å². The van der Waals surface area contributed by atoms with Gasteiger partial charge in [-0.1, -0.05) is 74.0 Å². The molecule has 2 heterocycles. The highest BCUT2D eigenvalue weighted by Crippen LogP contribution is 2.37. The van der Waals surface area contributed by atoms with E-state index in [1.165, 1.54) is 30.3 Å². The fourth-order valence-corrected chi connectivity index (χ4v) is 5.90. The highest BCUT2D eigenvalue weighted by Gasteiger charge is 2.44. The number of hydrogen-bond acceptors (Lipinski definition) is 5. The Bertz CT molecular complexity index is 1930. The monoisotopic (exact) mass is 713 g/mol. The highest BCUT2D eigenvalue weighted by molar-refractivity contribution is 5.68. The zero-order valence-electron chi connectivity index (χ0n) is 27.5. The number of ether oxygens (including phenoxy) is 3. The second-order valence-electron chi connectivity index (χ2n) is 12.1. The standard InChI is InChI=1S/C38H34F7N3O3/c1-2-3-18-48-31(34(46-35(48)28-9-5-4-6-10-28)27-13-15-29(16-14-27)37(41,42)43)23-47(22-26-12-17-32-33(20-26)50-24-49-32)21-25-8-7-11-30(19-25)51-38(44,45)36(39)40/h4-17,19-20,36H,2-3,18,21-24H2,1H3. The van der Waals surface area contributed by atoms with Gasteiger partial charge in [0.05, 0.1) is 17.0 Å². The maximum Gasteiger partial charge on any atom is 0.461 e. The molecule has 0 spiro atoms. The number of nitrogens with zero attached hydrogens (tertiary/aromatic N) is 3. The molecule has 5 aromatic rings. The molecule has 268 valence electrons. The predicted molar refractivity (Wildman–Crippen MR) is 177 cm³/mol. The van der Waals surface area contributed by atoms with Crippen molar-refractivity contribution in [2.45, 2.75) is 64.7 Å². The Morgan fingerprint density at radius 2 is 1.49 bits per heavy atom. The molecule has 6 nitrogen and oxygen atoms in total. The van der Waals surface area contributed by atoms with E-state index in [1.807, 2.05) is 54.3 Å². The molecule has 0 saturated heterocycles. The van der Waals surface area contributed by atoms with Crippen molar-refractivity contribution < 1.29 is 44.9 Å². The average Bonchev–Trinajstić information content (AvgIpc) is 3.71. The van der Waals surface area contributed by atoms with Gasteiger partial charge in [0, 0.05) is 37.3 Å². The van der Waals surface area contributed by atoms with E-state index < -0.39 is 30.0 Å². The molecule has 1 aromatic heterocycles. The lowest BCUT2D eigenvalue weighted by Crippen LogP contribution is -2.33. The van der Waals surface area contributed by atoms with Gasteiger partial charge < -0.3 is 18.8 Å². The largest absolute Gasteiger partial charge is 0.461 e. The molecular formula is C38H34F7N3O3. The molecule has 0 fully saturated rings. The molecule has 0 radical (unpaired) electrons. The van der Waals surface area contributed by atoms with Gasteiger partial charge in [-0.15, -0.1) is 0 Å². The first kappa shape index (κ1) is 35.8. The maximum atomic E-state index is 13.8. The molecule has 0 N–H and O–H groups in total. The summed E-state index contributed by atoms with van der Waals surface area (Å²) in [6.07, 6.45) is -11.6. The smallest absolute Gasteiger partial charge is 0.454 e. The minimum atomic E-state index is -4.68. The molecule has 0 atom stereocenters. The molecule has 1 aliphatic heterocycles. The first-order valence-corrected chi connectivity index (χ1v) is 16.3. The van der Waals surface area contributed by atoms with Gasteiger partial charge >= 0.3 is 18.7 Å². The number of imidazole rings is 1. The van der Waals surface area contributed by atoms with Gasteiger partial charge in [0.25, 0.3) is 0 Å². The van der Waals surface area contributed by atoms with E-state index >= 15 is 0 Å². The summed E-state index contributed by atoms with van der Waals surface area (Å²) in [5.41, 5.74) is 3.05. The summed E-state index contributed by atoms with van der Waals surface area (Å²) in [5.74, 6) is 1.36. The number of hydrogen-bond donors (Lipinski definition) is 0. The second kappa shape index (κ2) is 15.1. The Balaban J connectivity index is 1.44. The van der Waals surface area contributed by atoms with Gasteiger partial charge in [-0.05, 0) is 53.9 Å². The molecule has 0 bridgehead atoms. The summed E-state index contributed by atoms with van der Waals surface area (Å²) in [5, 5.41) is 0. The van der Waals surface area contributed by atoms with Crippen LogP contribution in [0.5, 0.6) is 17.2 Å². The van der Waals surface area contributed by atoms with E-state index in [9.17, 15) is 30.7 Å². The van der Waals surface area contributed by atoms with Crippen molar-refractivity contribution in [3.63, 3.8) is 0 Å². The van der Waals surface area contributed by atoms with E-state index in [0.717, 1.165) is 41.8 Å². The molecule has 6 rings (SSSR count). The SMILES string of the molecule is CCCCn1c(-c2ccccc2)nc(-c2ccc(C(F)(F)F)cc2)c1CN(Cc1cccc(OC(F)(F)C(F)F)c1)Cc1ccc2c(c1)OCO2. The van der Waals surface area contributed by atoms with E-state index in [0.29, 0.717) is 47.2 Å². The van der Waals surface area contributed by atoms with Crippen LogP contribution in [0.1, 0.15) is 42.1 Å². The molecule has 0 amide bonds. The van der Waals surface area contributed by atoms with Crippen molar-refractivity contribution in [1.82, 2.24) is 14.5 Å². The Kier molecular flexibility index (Phi) is 10.6. The van der Waals surface area contributed by atoms with Crippen LogP contribution >= 0.6 is 0 Å². The van der Waals surface area contributed by atoms with E-state index in [2.05, 4.69) is 9.30 Å². The summed E-state index contributed by atoms with van der Waals surface area (Å²) in [4.78, 5) is 7.03. The molecule has 0 saturated carbocycles. The van der Waals surface area contributed by atoms with Crippen LogP contribution in [0.2, 0.25) is 0 Å². The Morgan fingerprint density at radius 3 is 2.18 bits per heavy atom. The number of aromatic nitrogens is 2. The maximum absolute atomic E-state index is 13.8. The van der Waals surface area contributed by atoms with E-state index in [1.54, 1.807) is 12.1 Å². The zero-order valence-corrected chi connectivity index (χ0v) is 27.5. The van der Waals surface area contributed by atoms with Crippen molar-refractivity contribution in [1.29, 1.82) is 0 Å². The quantitative estimate of drug-likeness (QED) is 0.107. The Labute approximate surface area is 290 Å². The number of unbranched alkanes of at least 4 members (excludes halogenated alkanes) is 1. The fraction of sp³-hybridized carbons (Fsp3) is 0.289. The third kappa shape index (κ3) is 8.47. The van der Waals surface area contributed by atoms with Gasteiger partial charge in [-0.2, -0.15) is 30.7 Å². The van der Waals surface area contributed by atoms with Crippen LogP contribution in [-0.4, -0.2) is 33.8 Å². The number of benzene rings is 4. The zero-order chi connectivity index (χ0) is 36.2. The molecular weight excluding hydrogens is 679 g/mol. The molecule has 0 unspecified atom stereocenters. The lowest BCUT2D eigenvalue weighted by Gasteiger charge is -2.25. The van der Waals surface area contributed by atoms with Crippen LogP contribution < -0.4 is 14.2 Å². The minimum absolute atomic E-state index is 0.0773. The summed E-state index contributed by atoms with van der Waals surface area (Å²) < 4.78 is 112. The van der Waals surface area contributed by atoms with Crippen molar-refractivity contribution in [3.05, 3.63) is 119 Å². The van der Waals surface area contributed by atoms with E-state index in [-0.39, 0.29) is 19.9 Å². The third-order valence-corrected chi connectivity index (χ3v) is 8.35. The first-order chi connectivity index (χ1) is 24.4. The summed E-state index contributed by atoms with van der Waals surface area (Å²) in [6, 6.07) is 25.4. The molecule has 1 aliphatic rings. The third-order valence-electron chi connectivity index (χ3n) is 8.35. The normalized spacial score (nSPS) is 13.0. The number of fused-ring (bicyclic) bond motifs is 1. The van der Waals surface area contributed by atoms with Crippen LogP contribution in [0.15, 0.2) is 97.1 Å². The number of alkyl halides is 7. The van der Waals surface area contributed by atoms with Crippen molar-refractivity contribution in [3.8, 4) is 39.9 Å². The van der Waals surface area contributed by atoms with Crippen molar-refractivity contribution in [2.75, 3.05) is 6.79 Å². The van der Waals surface area contributed by atoms with Gasteiger partial charge in [-0.3, -0.25) is 4.90 Å². The lowest BCUT2D eigenvalue weighted by atomic mass is 10.1. The van der Waals surface area contributed by atoms with Gasteiger partial charge in [0.1, 0.15) is 11.6 Å². The molecule has 4 aromatic carbocycles. The van der Waals surface area contributed by atoms with Crippen LogP contribution in [0, 0.1) is 0 Å². The first-order valence-electron chi connectivity index (χ1n) is 16.3. The fourth-order valence-electron chi connectivity index (χ4n) is 5.90. The van der Waals surface area contributed by atoms with Crippen LogP contribution in [0.25, 0.3) is 22.6 Å². The van der Waals surface area contributed by atoms with Crippen molar-refractivity contribution >= 4 is 0 Å².